The van der Waals surface area contributed by atoms with Gasteiger partial charge in [-0.25, -0.2) is 5.06 Å². The van der Waals surface area contributed by atoms with Crippen molar-refractivity contribution in [3.63, 3.8) is 0 Å². The number of para-hydroxylation sites is 1. The lowest BCUT2D eigenvalue weighted by Gasteiger charge is -2.33. The number of ketones is 1. The maximum atomic E-state index is 13.5. The molecule has 3 atom stereocenters. The smallest absolute Gasteiger partial charge is 0.261 e. The fourth-order valence-electron chi connectivity index (χ4n) is 4.26. The number of fused-ring (bicyclic) bond motifs is 5. The molecule has 3 heterocycles. The van der Waals surface area contributed by atoms with E-state index in [9.17, 15) is 14.4 Å². The Labute approximate surface area is 143 Å². The minimum atomic E-state index is -1.34. The lowest BCUT2D eigenvalue weighted by molar-refractivity contribution is -0.141. The molecule has 0 aromatic heterocycles. The van der Waals surface area contributed by atoms with Gasteiger partial charge >= 0.3 is 0 Å². The molecule has 25 heavy (non-hydrogen) atoms. The molecule has 2 saturated heterocycles. The molecule has 0 saturated carbocycles. The van der Waals surface area contributed by atoms with Gasteiger partial charge in [0.25, 0.3) is 5.91 Å². The molecule has 0 radical (unpaired) electrons. The van der Waals surface area contributed by atoms with E-state index in [1.165, 1.54) is 12.1 Å². The van der Waals surface area contributed by atoms with Crippen molar-refractivity contribution in [1.29, 1.82) is 0 Å². The van der Waals surface area contributed by atoms with Crippen LogP contribution in [0.3, 0.4) is 0 Å². The van der Waals surface area contributed by atoms with Crippen LogP contribution in [0, 0.1) is 5.92 Å². The van der Waals surface area contributed by atoms with Crippen LogP contribution in [0.1, 0.15) is 15.9 Å². The third kappa shape index (κ3) is 1.46. The monoisotopic (exact) mass is 334 g/mol. The molecule has 0 aliphatic carbocycles. The molecule has 6 nitrogen and oxygen atoms in total. The topological polar surface area (TPSA) is 66.9 Å². The van der Waals surface area contributed by atoms with E-state index in [0.29, 0.717) is 16.8 Å². The van der Waals surface area contributed by atoms with E-state index in [4.69, 9.17) is 4.84 Å². The first-order chi connectivity index (χ1) is 12.1. The van der Waals surface area contributed by atoms with E-state index in [2.05, 4.69) is 0 Å². The van der Waals surface area contributed by atoms with Gasteiger partial charge in [-0.05, 0) is 17.7 Å². The number of hydrogen-bond donors (Lipinski definition) is 0. The minimum absolute atomic E-state index is 0.210. The highest BCUT2D eigenvalue weighted by atomic mass is 16.7. The second kappa shape index (κ2) is 4.55. The van der Waals surface area contributed by atoms with Gasteiger partial charge in [0.05, 0.1) is 5.69 Å². The third-order valence-electron chi connectivity index (χ3n) is 5.39. The lowest BCUT2D eigenvalue weighted by atomic mass is 9.74. The highest BCUT2D eigenvalue weighted by molar-refractivity contribution is 6.20. The highest BCUT2D eigenvalue weighted by Crippen LogP contribution is 2.57. The van der Waals surface area contributed by atoms with Crippen LogP contribution in [0.5, 0.6) is 0 Å². The summed E-state index contributed by atoms with van der Waals surface area (Å²) in [6.45, 7) is 0. The molecule has 0 N–H and O–H groups in total. The Morgan fingerprint density at radius 2 is 1.60 bits per heavy atom. The van der Waals surface area contributed by atoms with Crippen molar-refractivity contribution in [2.45, 2.75) is 11.6 Å². The van der Waals surface area contributed by atoms with Gasteiger partial charge in [-0.2, -0.15) is 0 Å². The van der Waals surface area contributed by atoms with E-state index in [-0.39, 0.29) is 11.7 Å². The predicted molar refractivity (Wildman–Crippen MR) is 87.5 cm³/mol. The van der Waals surface area contributed by atoms with Gasteiger partial charge in [-0.15, -0.1) is 0 Å². The molecule has 3 aliphatic rings. The van der Waals surface area contributed by atoms with Crippen molar-refractivity contribution in [1.82, 2.24) is 4.90 Å². The van der Waals surface area contributed by atoms with Crippen molar-refractivity contribution in [3.8, 4) is 0 Å². The number of carbonyl (C=O) groups is 3. The quantitative estimate of drug-likeness (QED) is 0.740. The van der Waals surface area contributed by atoms with E-state index in [1.54, 1.807) is 36.4 Å². The number of anilines is 1. The normalized spacial score (nSPS) is 29.9. The van der Waals surface area contributed by atoms with Gasteiger partial charge in [0.2, 0.25) is 5.91 Å². The molecule has 124 valence electrons. The van der Waals surface area contributed by atoms with Crippen molar-refractivity contribution in [3.05, 3.63) is 65.7 Å². The molecule has 2 fully saturated rings. The van der Waals surface area contributed by atoms with E-state index in [1.807, 2.05) is 18.2 Å². The summed E-state index contributed by atoms with van der Waals surface area (Å²) in [4.78, 5) is 45.8. The number of rotatable bonds is 1. The molecule has 2 aromatic rings. The molecule has 0 bridgehead atoms. The number of Topliss-reactive ketones (excluding diaryl/α,β-unsaturated/α-hetero) is 1. The Hall–Kier alpha value is -2.99. The number of carbonyl (C=O) groups excluding carboxylic acids is 3. The maximum Gasteiger partial charge on any atom is 0.261 e. The van der Waals surface area contributed by atoms with Crippen LogP contribution in [0.25, 0.3) is 0 Å². The third-order valence-corrected chi connectivity index (χ3v) is 5.39. The van der Waals surface area contributed by atoms with Crippen LogP contribution < -0.4 is 5.06 Å². The van der Waals surface area contributed by atoms with Gasteiger partial charge in [0, 0.05) is 12.6 Å². The summed E-state index contributed by atoms with van der Waals surface area (Å²) in [6, 6.07) is 16.2. The molecular weight excluding hydrogens is 320 g/mol. The number of likely N-dealkylation sites (tertiary alicyclic amines) is 1. The standard InChI is InChI=1S/C19H14N2O4/c1-20-17(23)14-15(18(20)24)25-21-13-10-6-5-9-12(13)16(22)19(14,21)11-7-3-2-4-8-11/h2-10,14-15H,1H3/t14-,15+,19-/m1/s1. The first kappa shape index (κ1) is 14.4. The Balaban J connectivity index is 1.82. The fraction of sp³-hybridized carbons (Fsp3) is 0.211. The Kier molecular flexibility index (Phi) is 2.61. The Morgan fingerprint density at radius 1 is 0.920 bits per heavy atom. The number of hydroxylamine groups is 1. The molecule has 5 rings (SSSR count). The minimum Gasteiger partial charge on any atom is -0.291 e. The van der Waals surface area contributed by atoms with Crippen LogP contribution in [0.15, 0.2) is 54.6 Å². The molecule has 2 aromatic carbocycles. The first-order valence-electron chi connectivity index (χ1n) is 8.06. The molecular formula is C19H14N2O4. The Morgan fingerprint density at radius 3 is 2.36 bits per heavy atom. The number of amides is 2. The van der Waals surface area contributed by atoms with Crippen LogP contribution in [0.4, 0.5) is 5.69 Å². The van der Waals surface area contributed by atoms with Gasteiger partial charge < -0.3 is 0 Å². The number of likely N-dealkylation sites (N-methyl/N-ethyl adjacent to an activating group) is 1. The number of imide groups is 1. The van der Waals surface area contributed by atoms with Crippen LogP contribution >= 0.6 is 0 Å². The largest absolute Gasteiger partial charge is 0.291 e. The SMILES string of the molecule is CN1C(=O)[C@H]2ON3c4ccccc4C(=O)[C@@]3(c3ccccc3)[C@H]2C1=O. The van der Waals surface area contributed by atoms with Crippen LogP contribution in [-0.4, -0.2) is 35.6 Å². The van der Waals surface area contributed by atoms with E-state index >= 15 is 0 Å². The van der Waals surface area contributed by atoms with Crippen molar-refractivity contribution in [2.75, 3.05) is 12.1 Å². The van der Waals surface area contributed by atoms with Crippen molar-refractivity contribution >= 4 is 23.3 Å². The fourth-order valence-corrected chi connectivity index (χ4v) is 4.26. The van der Waals surface area contributed by atoms with Crippen LogP contribution in [-0.2, 0) is 20.0 Å². The summed E-state index contributed by atoms with van der Waals surface area (Å²) in [5.41, 5.74) is 0.404. The average Bonchev–Trinajstić information content (AvgIpc) is 3.20. The van der Waals surface area contributed by atoms with Gasteiger partial charge in [0.15, 0.2) is 17.4 Å². The zero-order chi connectivity index (χ0) is 17.3. The summed E-state index contributed by atoms with van der Waals surface area (Å²) in [6.07, 6.45) is -0.977. The summed E-state index contributed by atoms with van der Waals surface area (Å²) in [7, 11) is 1.43. The Bertz CT molecular complexity index is 941. The summed E-state index contributed by atoms with van der Waals surface area (Å²) in [5, 5.41) is 1.48. The molecule has 6 heteroatoms. The number of nitrogens with zero attached hydrogens (tertiary/aromatic N) is 2. The average molecular weight is 334 g/mol. The lowest BCUT2D eigenvalue weighted by Crippen LogP contribution is -2.50. The summed E-state index contributed by atoms with van der Waals surface area (Å²) >= 11 is 0. The number of benzene rings is 2. The molecule has 0 unspecified atom stereocenters. The molecule has 2 amide bonds. The van der Waals surface area contributed by atoms with Crippen LogP contribution in [0.2, 0.25) is 0 Å². The van der Waals surface area contributed by atoms with Crippen molar-refractivity contribution < 1.29 is 19.2 Å². The molecule has 0 spiro atoms. The number of hydrogen-bond acceptors (Lipinski definition) is 5. The summed E-state index contributed by atoms with van der Waals surface area (Å²) in [5.74, 6) is -1.90. The first-order valence-corrected chi connectivity index (χ1v) is 8.06. The second-order valence-corrected chi connectivity index (χ2v) is 6.51. The maximum absolute atomic E-state index is 13.5. The zero-order valence-electron chi connectivity index (χ0n) is 13.4. The molecule has 3 aliphatic heterocycles. The van der Waals surface area contributed by atoms with Gasteiger partial charge in [0.1, 0.15) is 5.92 Å². The highest BCUT2D eigenvalue weighted by Gasteiger charge is 2.72. The summed E-state index contributed by atoms with van der Waals surface area (Å²) < 4.78 is 0. The zero-order valence-corrected chi connectivity index (χ0v) is 13.4. The van der Waals surface area contributed by atoms with Crippen molar-refractivity contribution in [2.24, 2.45) is 5.92 Å². The van der Waals surface area contributed by atoms with E-state index < -0.39 is 23.5 Å². The predicted octanol–water partition coefficient (Wildman–Crippen LogP) is 1.51. The van der Waals surface area contributed by atoms with Gasteiger partial charge in [-0.3, -0.25) is 24.1 Å². The van der Waals surface area contributed by atoms with E-state index in [0.717, 1.165) is 4.90 Å². The second-order valence-electron chi connectivity index (χ2n) is 6.51. The van der Waals surface area contributed by atoms with Gasteiger partial charge in [-0.1, -0.05) is 42.5 Å².